The van der Waals surface area contributed by atoms with Gasteiger partial charge in [-0.3, -0.25) is 0 Å². The monoisotopic (exact) mass is 239 g/mol. The van der Waals surface area contributed by atoms with Crippen LogP contribution in [0.25, 0.3) is 0 Å². The first-order valence-electron chi connectivity index (χ1n) is 5.14. The molecular weight excluding hydrogens is 222 g/mol. The molecule has 0 aliphatic carbocycles. The van der Waals surface area contributed by atoms with Crippen molar-refractivity contribution >= 4 is 15.5 Å². The molecule has 0 amide bonds. The highest BCUT2D eigenvalue weighted by molar-refractivity contribution is 7.90. The van der Waals surface area contributed by atoms with E-state index in [9.17, 15) is 8.42 Å². The van der Waals surface area contributed by atoms with E-state index >= 15 is 0 Å². The second-order valence-corrected chi connectivity index (χ2v) is 5.77. The number of hydrogen-bond donors (Lipinski definition) is 1. The standard InChI is InChI=1S/C12H17NO2S/c1-4-10(2)9-13-11-5-7-12(8-6-11)16(3,14)15/h5-8,13H,2,4,9H2,1,3H3. The molecule has 0 spiro atoms. The van der Waals surface area contributed by atoms with Gasteiger partial charge in [0.15, 0.2) is 9.84 Å². The van der Waals surface area contributed by atoms with E-state index < -0.39 is 9.84 Å². The Balaban J connectivity index is 2.69. The van der Waals surface area contributed by atoms with Gasteiger partial charge in [-0.25, -0.2) is 8.42 Å². The fourth-order valence-electron chi connectivity index (χ4n) is 1.17. The molecule has 0 bridgehead atoms. The van der Waals surface area contributed by atoms with E-state index in [4.69, 9.17) is 0 Å². The molecule has 0 saturated heterocycles. The number of anilines is 1. The topological polar surface area (TPSA) is 46.2 Å². The second kappa shape index (κ2) is 5.16. The molecule has 16 heavy (non-hydrogen) atoms. The third-order valence-electron chi connectivity index (χ3n) is 2.32. The van der Waals surface area contributed by atoms with Gasteiger partial charge in [0, 0.05) is 18.5 Å². The predicted octanol–water partition coefficient (Wildman–Crippen LogP) is 2.47. The minimum Gasteiger partial charge on any atom is -0.381 e. The van der Waals surface area contributed by atoms with E-state index in [1.54, 1.807) is 24.3 Å². The molecule has 0 aromatic heterocycles. The maximum absolute atomic E-state index is 11.2. The third-order valence-corrected chi connectivity index (χ3v) is 3.45. The third kappa shape index (κ3) is 3.70. The van der Waals surface area contributed by atoms with Gasteiger partial charge in [0.1, 0.15) is 0 Å². The van der Waals surface area contributed by atoms with Crippen LogP contribution < -0.4 is 5.32 Å². The maximum atomic E-state index is 11.2. The van der Waals surface area contributed by atoms with Gasteiger partial charge in [-0.05, 0) is 30.7 Å². The quantitative estimate of drug-likeness (QED) is 0.803. The zero-order valence-electron chi connectivity index (χ0n) is 9.66. The molecule has 3 nitrogen and oxygen atoms in total. The van der Waals surface area contributed by atoms with Crippen LogP contribution in [0, 0.1) is 0 Å². The molecule has 1 aromatic rings. The van der Waals surface area contributed by atoms with Crippen LogP contribution >= 0.6 is 0 Å². The molecule has 0 radical (unpaired) electrons. The van der Waals surface area contributed by atoms with Crippen LogP contribution in [0.5, 0.6) is 0 Å². The summed E-state index contributed by atoms with van der Waals surface area (Å²) in [6, 6.07) is 6.73. The van der Waals surface area contributed by atoms with Crippen molar-refractivity contribution in [3.05, 3.63) is 36.4 Å². The molecule has 0 atom stereocenters. The summed E-state index contributed by atoms with van der Waals surface area (Å²) in [4.78, 5) is 0.340. The lowest BCUT2D eigenvalue weighted by atomic mass is 10.2. The molecule has 1 N–H and O–H groups in total. The van der Waals surface area contributed by atoms with Crippen molar-refractivity contribution in [3.63, 3.8) is 0 Å². The lowest BCUT2D eigenvalue weighted by Crippen LogP contribution is -2.03. The van der Waals surface area contributed by atoms with Gasteiger partial charge < -0.3 is 5.32 Å². The summed E-state index contributed by atoms with van der Waals surface area (Å²) in [6.07, 6.45) is 2.14. The van der Waals surface area contributed by atoms with E-state index in [1.807, 2.05) is 0 Å². The maximum Gasteiger partial charge on any atom is 0.175 e. The van der Waals surface area contributed by atoms with E-state index in [0.717, 1.165) is 17.7 Å². The van der Waals surface area contributed by atoms with Gasteiger partial charge in [-0.1, -0.05) is 19.1 Å². The normalized spacial score (nSPS) is 11.1. The van der Waals surface area contributed by atoms with Crippen LogP contribution in [0.2, 0.25) is 0 Å². The molecule has 1 aromatic carbocycles. The summed E-state index contributed by atoms with van der Waals surface area (Å²) < 4.78 is 22.4. The smallest absolute Gasteiger partial charge is 0.175 e. The van der Waals surface area contributed by atoms with Gasteiger partial charge >= 0.3 is 0 Å². The predicted molar refractivity (Wildman–Crippen MR) is 67.5 cm³/mol. The van der Waals surface area contributed by atoms with Crippen LogP contribution in [0.1, 0.15) is 13.3 Å². The number of sulfone groups is 1. The highest BCUT2D eigenvalue weighted by atomic mass is 32.2. The largest absolute Gasteiger partial charge is 0.381 e. The van der Waals surface area contributed by atoms with Gasteiger partial charge in [0.25, 0.3) is 0 Å². The van der Waals surface area contributed by atoms with Crippen molar-refractivity contribution in [2.75, 3.05) is 18.1 Å². The second-order valence-electron chi connectivity index (χ2n) is 3.75. The highest BCUT2D eigenvalue weighted by Gasteiger charge is 2.05. The Bertz CT molecular complexity index is 460. The van der Waals surface area contributed by atoms with E-state index in [-0.39, 0.29) is 0 Å². The molecule has 88 valence electrons. The highest BCUT2D eigenvalue weighted by Crippen LogP contribution is 2.14. The van der Waals surface area contributed by atoms with Crippen molar-refractivity contribution in [3.8, 4) is 0 Å². The molecule has 4 heteroatoms. The fraction of sp³-hybridized carbons (Fsp3) is 0.333. The minimum atomic E-state index is -3.10. The minimum absolute atomic E-state index is 0.340. The van der Waals surface area contributed by atoms with Crippen molar-refractivity contribution in [2.24, 2.45) is 0 Å². The van der Waals surface area contributed by atoms with Crippen LogP contribution in [0.4, 0.5) is 5.69 Å². The van der Waals surface area contributed by atoms with E-state index in [2.05, 4.69) is 18.8 Å². The lowest BCUT2D eigenvalue weighted by molar-refractivity contribution is 0.602. The first kappa shape index (κ1) is 12.8. The van der Waals surface area contributed by atoms with Crippen molar-refractivity contribution in [1.82, 2.24) is 0 Å². The van der Waals surface area contributed by atoms with Crippen LogP contribution in [0.3, 0.4) is 0 Å². The van der Waals surface area contributed by atoms with Gasteiger partial charge in [0.05, 0.1) is 4.90 Å². The molecule has 0 aliphatic heterocycles. The number of nitrogens with one attached hydrogen (secondary N) is 1. The average Bonchev–Trinajstić information content (AvgIpc) is 2.25. The first-order valence-corrected chi connectivity index (χ1v) is 7.03. The van der Waals surface area contributed by atoms with Crippen LogP contribution in [-0.4, -0.2) is 21.2 Å². The average molecular weight is 239 g/mol. The van der Waals surface area contributed by atoms with Gasteiger partial charge in [0.2, 0.25) is 0 Å². The summed E-state index contributed by atoms with van der Waals surface area (Å²) in [6.45, 7) is 6.66. The Kier molecular flexibility index (Phi) is 4.12. The van der Waals surface area contributed by atoms with Gasteiger partial charge in [-0.2, -0.15) is 0 Å². The molecule has 0 fully saturated rings. The molecule has 1 rings (SSSR count). The Morgan fingerprint density at radius 1 is 1.31 bits per heavy atom. The molecule has 0 aliphatic rings. The van der Waals surface area contributed by atoms with Crippen LogP contribution in [-0.2, 0) is 9.84 Å². The SMILES string of the molecule is C=C(CC)CNc1ccc(S(C)(=O)=O)cc1. The summed E-state index contributed by atoms with van der Waals surface area (Å²) in [7, 11) is -3.10. The van der Waals surface area contributed by atoms with Crippen molar-refractivity contribution in [1.29, 1.82) is 0 Å². The summed E-state index contributed by atoms with van der Waals surface area (Å²) in [5, 5.41) is 3.18. The number of benzene rings is 1. The Labute approximate surface area is 97.1 Å². The summed E-state index contributed by atoms with van der Waals surface area (Å²) in [5.41, 5.74) is 2.02. The van der Waals surface area contributed by atoms with Crippen molar-refractivity contribution < 1.29 is 8.42 Å². The summed E-state index contributed by atoms with van der Waals surface area (Å²) >= 11 is 0. The van der Waals surface area contributed by atoms with Gasteiger partial charge in [-0.15, -0.1) is 0 Å². The van der Waals surface area contributed by atoms with Crippen LogP contribution in [0.15, 0.2) is 41.3 Å². The zero-order chi connectivity index (χ0) is 12.2. The number of rotatable bonds is 5. The molecule has 0 saturated carbocycles. The lowest BCUT2D eigenvalue weighted by Gasteiger charge is -2.07. The molecule has 0 heterocycles. The van der Waals surface area contributed by atoms with E-state index in [0.29, 0.717) is 11.4 Å². The van der Waals surface area contributed by atoms with E-state index in [1.165, 1.54) is 6.26 Å². The number of hydrogen-bond acceptors (Lipinski definition) is 3. The summed E-state index contributed by atoms with van der Waals surface area (Å²) in [5.74, 6) is 0. The zero-order valence-corrected chi connectivity index (χ0v) is 10.5. The van der Waals surface area contributed by atoms with Crippen molar-refractivity contribution in [2.45, 2.75) is 18.2 Å². The first-order chi connectivity index (χ1) is 7.43. The fourth-order valence-corrected chi connectivity index (χ4v) is 1.80. The Hall–Kier alpha value is -1.29. The molecule has 0 unspecified atom stereocenters. The Morgan fingerprint density at radius 2 is 1.88 bits per heavy atom. The molecular formula is C12H17NO2S. The Morgan fingerprint density at radius 3 is 2.31 bits per heavy atom.